The van der Waals surface area contributed by atoms with Gasteiger partial charge in [0.25, 0.3) is 5.91 Å². The quantitative estimate of drug-likeness (QED) is 0.667. The average Bonchev–Trinajstić information content (AvgIpc) is 2.77. The number of rotatable bonds is 4. The van der Waals surface area contributed by atoms with Crippen LogP contribution in [0.25, 0.3) is 0 Å². The van der Waals surface area contributed by atoms with Crippen molar-refractivity contribution >= 4 is 27.3 Å². The van der Waals surface area contributed by atoms with E-state index >= 15 is 0 Å². The van der Waals surface area contributed by atoms with Crippen LogP contribution in [0.3, 0.4) is 0 Å². The van der Waals surface area contributed by atoms with E-state index in [9.17, 15) is 13.2 Å². The lowest BCUT2D eigenvalue weighted by Gasteiger charge is -2.43. The molecular formula is C24H26N4O4S. The van der Waals surface area contributed by atoms with Crippen molar-refractivity contribution in [1.29, 1.82) is 0 Å². The van der Waals surface area contributed by atoms with Gasteiger partial charge in [-0.25, -0.2) is 13.4 Å². The number of sulfone groups is 1. The maximum Gasteiger partial charge on any atom is 0.274 e. The predicted molar refractivity (Wildman–Crippen MR) is 127 cm³/mol. The molecule has 8 nitrogen and oxygen atoms in total. The van der Waals surface area contributed by atoms with Crippen LogP contribution in [0, 0.1) is 12.3 Å². The summed E-state index contributed by atoms with van der Waals surface area (Å²) in [5.41, 5.74) is 7.76. The standard InChI is InChI=1S/C24H26N4O4S/c1-4-12-32-18-9-10-20(26-14-18)21(29)27-17-8-7-16-6-5-11-24(19(16)13-17)15-33(30,31)23(2,3)22(25)28-24/h1,7-10,13-14H,5-6,11-12,15H2,2-3H3,(H2,25,28)(H,27,29). The van der Waals surface area contributed by atoms with Gasteiger partial charge >= 0.3 is 0 Å². The summed E-state index contributed by atoms with van der Waals surface area (Å²) in [5.74, 6) is 2.44. The normalized spacial score (nSPS) is 22.5. The van der Waals surface area contributed by atoms with Crippen molar-refractivity contribution in [3.05, 3.63) is 53.3 Å². The van der Waals surface area contributed by atoms with Gasteiger partial charge in [-0.2, -0.15) is 0 Å². The number of nitrogens with two attached hydrogens (primary N) is 1. The van der Waals surface area contributed by atoms with Crippen LogP contribution in [0.15, 0.2) is 41.5 Å². The maximum atomic E-state index is 13.1. The number of hydrogen-bond acceptors (Lipinski definition) is 7. The van der Waals surface area contributed by atoms with Crippen LogP contribution in [0.1, 0.15) is 48.3 Å². The molecule has 172 valence electrons. The molecule has 2 heterocycles. The van der Waals surface area contributed by atoms with Crippen molar-refractivity contribution < 1.29 is 17.9 Å². The number of aryl methyl sites for hydroxylation is 1. The maximum absolute atomic E-state index is 13.1. The van der Waals surface area contributed by atoms with Gasteiger partial charge in [0.15, 0.2) is 9.84 Å². The predicted octanol–water partition coefficient (Wildman–Crippen LogP) is 2.44. The zero-order valence-corrected chi connectivity index (χ0v) is 19.4. The Kier molecular flexibility index (Phi) is 5.66. The molecular weight excluding hydrogens is 440 g/mol. The third-order valence-electron chi connectivity index (χ3n) is 6.35. The largest absolute Gasteiger partial charge is 0.479 e. The van der Waals surface area contributed by atoms with E-state index in [1.54, 1.807) is 38.1 Å². The Hall–Kier alpha value is -3.38. The van der Waals surface area contributed by atoms with E-state index in [2.05, 4.69) is 16.2 Å². The number of nitrogens with one attached hydrogen (secondary N) is 1. The van der Waals surface area contributed by atoms with Gasteiger partial charge in [0.2, 0.25) is 0 Å². The fraction of sp³-hybridized carbons (Fsp3) is 0.375. The number of terminal acetylenes is 1. The van der Waals surface area contributed by atoms with Crippen LogP contribution < -0.4 is 15.8 Å². The Labute approximate surface area is 193 Å². The summed E-state index contributed by atoms with van der Waals surface area (Å²) in [6, 6.07) is 8.68. The lowest BCUT2D eigenvalue weighted by molar-refractivity contribution is 0.102. The fourth-order valence-corrected chi connectivity index (χ4v) is 5.97. The molecule has 1 spiro atoms. The van der Waals surface area contributed by atoms with Gasteiger partial charge in [-0.3, -0.25) is 9.79 Å². The first kappa shape index (κ1) is 22.8. The molecule has 1 amide bonds. The van der Waals surface area contributed by atoms with Crippen LogP contribution >= 0.6 is 0 Å². The van der Waals surface area contributed by atoms with Crippen molar-refractivity contribution in [2.75, 3.05) is 17.7 Å². The average molecular weight is 467 g/mol. The number of aromatic nitrogens is 1. The number of benzene rings is 1. The monoisotopic (exact) mass is 466 g/mol. The summed E-state index contributed by atoms with van der Waals surface area (Å²) in [6.45, 7) is 3.29. The summed E-state index contributed by atoms with van der Waals surface area (Å²) in [7, 11) is -3.53. The van der Waals surface area contributed by atoms with Crippen molar-refractivity contribution in [2.24, 2.45) is 10.7 Å². The number of anilines is 1. The van der Waals surface area contributed by atoms with E-state index in [1.807, 2.05) is 6.07 Å². The van der Waals surface area contributed by atoms with Gasteiger partial charge < -0.3 is 15.8 Å². The number of hydrogen-bond donors (Lipinski definition) is 2. The van der Waals surface area contributed by atoms with Crippen LogP contribution in [0.5, 0.6) is 5.75 Å². The number of nitrogens with zero attached hydrogens (tertiary/aromatic N) is 2. The first-order chi connectivity index (χ1) is 15.6. The second-order valence-electron chi connectivity index (χ2n) is 8.85. The lowest BCUT2D eigenvalue weighted by Crippen LogP contribution is -2.56. The van der Waals surface area contributed by atoms with E-state index in [0.717, 1.165) is 24.0 Å². The number of carbonyl (C=O) groups is 1. The minimum atomic E-state index is -3.53. The molecule has 1 unspecified atom stereocenters. The van der Waals surface area contributed by atoms with Crippen molar-refractivity contribution in [3.8, 4) is 18.1 Å². The SMILES string of the molecule is C#CCOc1ccc(C(=O)Nc2ccc3c(c2)C2(CCC3)CS(=O)(=O)C(C)(C)C(N)=N2)nc1. The van der Waals surface area contributed by atoms with Crippen molar-refractivity contribution in [2.45, 2.75) is 43.4 Å². The fourth-order valence-electron chi connectivity index (χ4n) is 4.25. The Balaban J connectivity index is 1.64. The van der Waals surface area contributed by atoms with Gasteiger partial charge in [0, 0.05) is 5.69 Å². The molecule has 33 heavy (non-hydrogen) atoms. The molecule has 1 atom stereocenters. The van der Waals surface area contributed by atoms with Gasteiger partial charge in [-0.15, -0.1) is 6.42 Å². The molecule has 2 aromatic rings. The smallest absolute Gasteiger partial charge is 0.274 e. The summed E-state index contributed by atoms with van der Waals surface area (Å²) in [4.78, 5) is 21.6. The second kappa shape index (κ2) is 8.19. The van der Waals surface area contributed by atoms with Gasteiger partial charge in [-0.05, 0) is 68.5 Å². The lowest BCUT2D eigenvalue weighted by atomic mass is 9.77. The highest BCUT2D eigenvalue weighted by Gasteiger charge is 2.51. The van der Waals surface area contributed by atoms with Gasteiger partial charge in [0.05, 0.1) is 11.9 Å². The first-order valence-corrected chi connectivity index (χ1v) is 12.3. The molecule has 1 aliphatic heterocycles. The molecule has 9 heteroatoms. The molecule has 2 aliphatic rings. The number of carbonyl (C=O) groups excluding carboxylic acids is 1. The molecule has 1 aromatic heterocycles. The highest BCUT2D eigenvalue weighted by molar-refractivity contribution is 7.93. The van der Waals surface area contributed by atoms with Crippen LogP contribution in [0.2, 0.25) is 0 Å². The summed E-state index contributed by atoms with van der Waals surface area (Å²) >= 11 is 0. The molecule has 0 radical (unpaired) electrons. The number of ether oxygens (including phenoxy) is 1. The van der Waals surface area contributed by atoms with E-state index in [1.165, 1.54) is 6.20 Å². The molecule has 0 saturated carbocycles. The number of amides is 1. The molecule has 1 aliphatic carbocycles. The number of aliphatic imine (C=N–C) groups is 1. The summed E-state index contributed by atoms with van der Waals surface area (Å²) in [6.07, 6.45) is 8.80. The Morgan fingerprint density at radius 2 is 2.09 bits per heavy atom. The van der Waals surface area contributed by atoms with E-state index in [0.29, 0.717) is 17.9 Å². The Bertz CT molecular complexity index is 1280. The molecule has 4 rings (SSSR count). The zero-order chi connectivity index (χ0) is 23.9. The molecule has 0 fully saturated rings. The van der Waals surface area contributed by atoms with E-state index in [-0.39, 0.29) is 23.9 Å². The Morgan fingerprint density at radius 3 is 2.76 bits per heavy atom. The molecule has 0 saturated heterocycles. The van der Waals surface area contributed by atoms with Gasteiger partial charge in [0.1, 0.15) is 34.2 Å². The third-order valence-corrected chi connectivity index (χ3v) is 8.98. The highest BCUT2D eigenvalue weighted by Crippen LogP contribution is 2.45. The minimum Gasteiger partial charge on any atom is -0.479 e. The van der Waals surface area contributed by atoms with Crippen molar-refractivity contribution in [3.63, 3.8) is 0 Å². The Morgan fingerprint density at radius 1 is 1.30 bits per heavy atom. The van der Waals surface area contributed by atoms with Gasteiger partial charge in [-0.1, -0.05) is 12.0 Å². The summed E-state index contributed by atoms with van der Waals surface area (Å²) in [5, 5.41) is 2.84. The first-order valence-electron chi connectivity index (χ1n) is 10.6. The zero-order valence-electron chi connectivity index (χ0n) is 18.6. The second-order valence-corrected chi connectivity index (χ2v) is 11.4. The minimum absolute atomic E-state index is 0.112. The molecule has 1 aromatic carbocycles. The third kappa shape index (κ3) is 4.07. The number of amidine groups is 1. The van der Waals surface area contributed by atoms with Crippen molar-refractivity contribution in [1.82, 2.24) is 4.98 Å². The van der Waals surface area contributed by atoms with Crippen LogP contribution in [-0.2, 0) is 21.8 Å². The van der Waals surface area contributed by atoms with Crippen LogP contribution in [0.4, 0.5) is 5.69 Å². The van der Waals surface area contributed by atoms with E-state index in [4.69, 9.17) is 21.9 Å². The molecule has 0 bridgehead atoms. The summed E-state index contributed by atoms with van der Waals surface area (Å²) < 4.78 is 30.2. The highest BCUT2D eigenvalue weighted by atomic mass is 32.2. The van der Waals surface area contributed by atoms with Crippen LogP contribution in [-0.4, -0.2) is 42.3 Å². The number of pyridine rings is 1. The molecule has 3 N–H and O–H groups in total. The van der Waals surface area contributed by atoms with E-state index < -0.39 is 26.0 Å². The topological polar surface area (TPSA) is 124 Å². The number of fused-ring (bicyclic) bond motifs is 2.